The number of hydrogen-bond acceptors (Lipinski definition) is 3. The molecule has 0 aliphatic heterocycles. The largest absolute Gasteiger partial charge is 0.326 e. The van der Waals surface area contributed by atoms with E-state index in [4.69, 9.17) is 5.26 Å². The molecule has 2 aromatic heterocycles. The van der Waals surface area contributed by atoms with Gasteiger partial charge in [0.15, 0.2) is 5.82 Å². The van der Waals surface area contributed by atoms with Crippen LogP contribution in [0.4, 0.5) is 0 Å². The number of rotatable bonds is 2. The third kappa shape index (κ3) is 1.77. The van der Waals surface area contributed by atoms with Crippen LogP contribution in [0.15, 0.2) is 24.3 Å². The van der Waals surface area contributed by atoms with Crippen LogP contribution in [-0.2, 0) is 20.5 Å². The lowest BCUT2D eigenvalue weighted by Gasteiger charge is -2.02. The minimum absolute atomic E-state index is 0.626. The van der Waals surface area contributed by atoms with E-state index in [-0.39, 0.29) is 0 Å². The van der Waals surface area contributed by atoms with E-state index in [1.807, 2.05) is 41.5 Å². The Balaban J connectivity index is 2.23. The van der Waals surface area contributed by atoms with Crippen molar-refractivity contribution in [3.05, 3.63) is 35.5 Å². The van der Waals surface area contributed by atoms with Crippen molar-refractivity contribution >= 4 is 11.0 Å². The summed E-state index contributed by atoms with van der Waals surface area (Å²) in [6, 6.07) is 9.77. The van der Waals surface area contributed by atoms with Crippen molar-refractivity contribution in [1.29, 1.82) is 5.26 Å². The number of aryl methyl sites for hydroxylation is 3. The van der Waals surface area contributed by atoms with Crippen molar-refractivity contribution < 1.29 is 0 Å². The Morgan fingerprint density at radius 3 is 2.70 bits per heavy atom. The molecule has 100 valence electrons. The Hall–Kier alpha value is -2.61. The van der Waals surface area contributed by atoms with Crippen LogP contribution in [0.3, 0.4) is 0 Å². The first-order valence-corrected chi connectivity index (χ1v) is 6.54. The molecule has 0 spiro atoms. The molecule has 5 nitrogen and oxygen atoms in total. The smallest absolute Gasteiger partial charge is 0.159 e. The molecule has 0 saturated carbocycles. The zero-order chi connectivity index (χ0) is 14.3. The molecule has 2 heterocycles. The number of fused-ring (bicyclic) bond motifs is 1. The predicted molar refractivity (Wildman–Crippen MR) is 77.0 cm³/mol. The third-order valence-corrected chi connectivity index (χ3v) is 3.53. The van der Waals surface area contributed by atoms with Gasteiger partial charge in [0.1, 0.15) is 5.69 Å². The zero-order valence-corrected chi connectivity index (χ0v) is 11.8. The van der Waals surface area contributed by atoms with E-state index in [0.29, 0.717) is 5.56 Å². The van der Waals surface area contributed by atoms with E-state index in [1.54, 1.807) is 0 Å². The molecule has 0 unspecified atom stereocenters. The number of aromatic nitrogens is 4. The second-order valence-electron chi connectivity index (χ2n) is 4.81. The highest BCUT2D eigenvalue weighted by molar-refractivity contribution is 5.81. The van der Waals surface area contributed by atoms with Gasteiger partial charge in [0.25, 0.3) is 0 Å². The van der Waals surface area contributed by atoms with E-state index in [0.717, 1.165) is 34.7 Å². The molecule has 0 bridgehead atoms. The predicted octanol–water partition coefficient (Wildman–Crippen LogP) is 2.41. The van der Waals surface area contributed by atoms with Gasteiger partial charge >= 0.3 is 0 Å². The normalized spacial score (nSPS) is 10.9. The Bertz CT molecular complexity index is 832. The zero-order valence-electron chi connectivity index (χ0n) is 11.8. The van der Waals surface area contributed by atoms with E-state index >= 15 is 0 Å². The molecule has 0 amide bonds. The van der Waals surface area contributed by atoms with Gasteiger partial charge in [0, 0.05) is 14.1 Å². The SMILES string of the molecule is CCc1cc(-c2nc3cc(C#N)ccc3n2C)n(C)n1. The van der Waals surface area contributed by atoms with Crippen LogP contribution in [0.1, 0.15) is 18.2 Å². The molecule has 0 atom stereocenters. The van der Waals surface area contributed by atoms with Crippen LogP contribution in [0, 0.1) is 11.3 Å². The van der Waals surface area contributed by atoms with Crippen LogP contribution in [0.5, 0.6) is 0 Å². The van der Waals surface area contributed by atoms with Gasteiger partial charge in [-0.05, 0) is 30.7 Å². The number of nitrogens with zero attached hydrogens (tertiary/aromatic N) is 5. The maximum Gasteiger partial charge on any atom is 0.159 e. The molecule has 3 aromatic rings. The van der Waals surface area contributed by atoms with Crippen molar-refractivity contribution in [3.63, 3.8) is 0 Å². The van der Waals surface area contributed by atoms with E-state index in [2.05, 4.69) is 29.1 Å². The van der Waals surface area contributed by atoms with E-state index in [1.165, 1.54) is 0 Å². The standard InChI is InChI=1S/C15H15N5/c1-4-11-8-14(20(3)18-11)15-17-12-7-10(9-16)5-6-13(12)19(15)2/h5-8H,4H2,1-3H3. The first kappa shape index (κ1) is 12.4. The van der Waals surface area contributed by atoms with Gasteiger partial charge in [0.2, 0.25) is 0 Å². The van der Waals surface area contributed by atoms with Crippen LogP contribution in [-0.4, -0.2) is 19.3 Å². The van der Waals surface area contributed by atoms with Gasteiger partial charge in [-0.1, -0.05) is 6.92 Å². The van der Waals surface area contributed by atoms with Gasteiger partial charge in [-0.25, -0.2) is 4.98 Å². The van der Waals surface area contributed by atoms with Crippen molar-refractivity contribution in [2.75, 3.05) is 0 Å². The highest BCUT2D eigenvalue weighted by atomic mass is 15.3. The van der Waals surface area contributed by atoms with Crippen molar-refractivity contribution in [2.45, 2.75) is 13.3 Å². The first-order valence-electron chi connectivity index (χ1n) is 6.54. The fourth-order valence-corrected chi connectivity index (χ4v) is 2.41. The Kier molecular flexibility index (Phi) is 2.79. The van der Waals surface area contributed by atoms with Gasteiger partial charge in [-0.3, -0.25) is 4.68 Å². The third-order valence-electron chi connectivity index (χ3n) is 3.53. The lowest BCUT2D eigenvalue weighted by Crippen LogP contribution is -1.99. The molecule has 0 aliphatic carbocycles. The molecule has 5 heteroatoms. The van der Waals surface area contributed by atoms with Gasteiger partial charge < -0.3 is 4.57 Å². The molecule has 0 saturated heterocycles. The van der Waals surface area contributed by atoms with Crippen LogP contribution in [0.2, 0.25) is 0 Å². The first-order chi connectivity index (χ1) is 9.63. The highest BCUT2D eigenvalue weighted by Gasteiger charge is 2.14. The monoisotopic (exact) mass is 265 g/mol. The molecular weight excluding hydrogens is 250 g/mol. The summed E-state index contributed by atoms with van der Waals surface area (Å²) < 4.78 is 3.89. The minimum Gasteiger partial charge on any atom is -0.326 e. The summed E-state index contributed by atoms with van der Waals surface area (Å²) in [4.78, 5) is 4.65. The molecule has 0 N–H and O–H groups in total. The molecular formula is C15H15N5. The second kappa shape index (κ2) is 4.49. The van der Waals surface area contributed by atoms with Crippen molar-refractivity contribution in [2.24, 2.45) is 14.1 Å². The quantitative estimate of drug-likeness (QED) is 0.715. The maximum atomic E-state index is 8.97. The summed E-state index contributed by atoms with van der Waals surface area (Å²) in [5, 5.41) is 13.4. The number of benzene rings is 1. The van der Waals surface area contributed by atoms with E-state index in [9.17, 15) is 0 Å². The lowest BCUT2D eigenvalue weighted by atomic mass is 10.2. The van der Waals surface area contributed by atoms with Gasteiger partial charge in [0.05, 0.1) is 28.4 Å². The van der Waals surface area contributed by atoms with Crippen molar-refractivity contribution in [1.82, 2.24) is 19.3 Å². The Labute approximate surface area is 117 Å². The summed E-state index contributed by atoms with van der Waals surface area (Å²) in [5.74, 6) is 0.866. The molecule has 1 aromatic carbocycles. The average Bonchev–Trinajstić information content (AvgIpc) is 2.99. The Morgan fingerprint density at radius 2 is 2.05 bits per heavy atom. The minimum atomic E-state index is 0.626. The fourth-order valence-electron chi connectivity index (χ4n) is 2.41. The Morgan fingerprint density at radius 1 is 1.25 bits per heavy atom. The summed E-state index contributed by atoms with van der Waals surface area (Å²) in [6.07, 6.45) is 0.899. The molecule has 20 heavy (non-hydrogen) atoms. The summed E-state index contributed by atoms with van der Waals surface area (Å²) >= 11 is 0. The second-order valence-corrected chi connectivity index (χ2v) is 4.81. The highest BCUT2D eigenvalue weighted by Crippen LogP contribution is 2.24. The van der Waals surface area contributed by atoms with Crippen LogP contribution in [0.25, 0.3) is 22.6 Å². The number of nitriles is 1. The summed E-state index contributed by atoms with van der Waals surface area (Å²) in [7, 11) is 3.91. The van der Waals surface area contributed by atoms with E-state index < -0.39 is 0 Å². The number of hydrogen-bond donors (Lipinski definition) is 0. The van der Waals surface area contributed by atoms with Crippen LogP contribution < -0.4 is 0 Å². The molecule has 0 fully saturated rings. The molecule has 0 radical (unpaired) electrons. The summed E-state index contributed by atoms with van der Waals surface area (Å²) in [5.41, 5.74) is 4.51. The lowest BCUT2D eigenvalue weighted by molar-refractivity contribution is 0.744. The van der Waals surface area contributed by atoms with Gasteiger partial charge in [-0.2, -0.15) is 10.4 Å². The maximum absolute atomic E-state index is 8.97. The van der Waals surface area contributed by atoms with Crippen molar-refractivity contribution in [3.8, 4) is 17.6 Å². The topological polar surface area (TPSA) is 59.4 Å². The number of imidazole rings is 1. The average molecular weight is 265 g/mol. The summed E-state index contributed by atoms with van der Waals surface area (Å²) in [6.45, 7) is 2.08. The molecule has 0 aliphatic rings. The fraction of sp³-hybridized carbons (Fsp3) is 0.267. The van der Waals surface area contributed by atoms with Gasteiger partial charge in [-0.15, -0.1) is 0 Å². The van der Waals surface area contributed by atoms with Crippen LogP contribution >= 0.6 is 0 Å². The molecule has 3 rings (SSSR count).